The van der Waals surface area contributed by atoms with Gasteiger partial charge in [0.15, 0.2) is 0 Å². The summed E-state index contributed by atoms with van der Waals surface area (Å²) < 4.78 is 2.66. The second-order valence-corrected chi connectivity index (χ2v) is 4.78. The van der Waals surface area contributed by atoms with E-state index in [2.05, 4.69) is 34.9 Å². The number of aromatic nitrogens is 2. The van der Waals surface area contributed by atoms with Crippen molar-refractivity contribution in [2.75, 3.05) is 5.73 Å². The number of hydrogen-bond donors (Lipinski definition) is 1. The molecule has 16 heavy (non-hydrogen) atoms. The number of halogens is 1. The molecule has 0 bridgehead atoms. The van der Waals surface area contributed by atoms with Crippen molar-refractivity contribution in [2.45, 2.75) is 19.8 Å². The molecular formula is C12H14BrN3. The lowest BCUT2D eigenvalue weighted by Crippen LogP contribution is -2.01. The molecule has 0 saturated heterocycles. The minimum Gasteiger partial charge on any atom is -0.383 e. The molecule has 2 aromatic rings. The van der Waals surface area contributed by atoms with Gasteiger partial charge in [0.2, 0.25) is 0 Å². The average molecular weight is 280 g/mol. The van der Waals surface area contributed by atoms with Gasteiger partial charge in [-0.1, -0.05) is 32.0 Å². The predicted molar refractivity (Wildman–Crippen MR) is 69.8 cm³/mol. The fourth-order valence-corrected chi connectivity index (χ4v) is 2.27. The third-order valence-electron chi connectivity index (χ3n) is 2.43. The van der Waals surface area contributed by atoms with Crippen molar-refractivity contribution in [3.05, 3.63) is 40.5 Å². The van der Waals surface area contributed by atoms with E-state index in [1.807, 2.05) is 30.3 Å². The van der Waals surface area contributed by atoms with Gasteiger partial charge in [0, 0.05) is 0 Å². The van der Waals surface area contributed by atoms with Crippen LogP contribution in [0.5, 0.6) is 0 Å². The van der Waals surface area contributed by atoms with Gasteiger partial charge in [-0.15, -0.1) is 0 Å². The summed E-state index contributed by atoms with van der Waals surface area (Å²) in [6.45, 7) is 4.20. The second-order valence-electron chi connectivity index (χ2n) is 3.99. The molecule has 0 spiro atoms. The average Bonchev–Trinajstić information content (AvgIpc) is 2.58. The van der Waals surface area contributed by atoms with Crippen molar-refractivity contribution in [3.63, 3.8) is 0 Å². The Morgan fingerprint density at radius 3 is 2.38 bits per heavy atom. The normalized spacial score (nSPS) is 11.0. The van der Waals surface area contributed by atoms with Crippen molar-refractivity contribution in [1.82, 2.24) is 9.78 Å². The van der Waals surface area contributed by atoms with Gasteiger partial charge in [0.1, 0.15) is 5.82 Å². The van der Waals surface area contributed by atoms with Gasteiger partial charge in [-0.2, -0.15) is 5.10 Å². The number of rotatable bonds is 2. The Labute approximate surface area is 103 Å². The Kier molecular flexibility index (Phi) is 3.01. The van der Waals surface area contributed by atoms with Gasteiger partial charge in [-0.25, -0.2) is 4.68 Å². The van der Waals surface area contributed by atoms with Crippen LogP contribution in [0.4, 0.5) is 5.82 Å². The zero-order chi connectivity index (χ0) is 11.7. The van der Waals surface area contributed by atoms with Crippen LogP contribution in [-0.2, 0) is 0 Å². The Morgan fingerprint density at radius 2 is 1.88 bits per heavy atom. The molecule has 0 unspecified atom stereocenters. The summed E-state index contributed by atoms with van der Waals surface area (Å²) in [5.74, 6) is 0.997. The molecule has 0 aliphatic rings. The van der Waals surface area contributed by atoms with E-state index in [-0.39, 0.29) is 0 Å². The number of nitrogens with zero attached hydrogens (tertiary/aromatic N) is 2. The Bertz CT molecular complexity index is 488. The molecule has 0 saturated carbocycles. The van der Waals surface area contributed by atoms with Gasteiger partial charge in [0.25, 0.3) is 0 Å². The fraction of sp³-hybridized carbons (Fsp3) is 0.250. The lowest BCUT2D eigenvalue weighted by molar-refractivity contribution is 0.769. The van der Waals surface area contributed by atoms with Crippen LogP contribution >= 0.6 is 15.9 Å². The van der Waals surface area contributed by atoms with Gasteiger partial charge in [-0.3, -0.25) is 0 Å². The van der Waals surface area contributed by atoms with Crippen LogP contribution in [0.2, 0.25) is 0 Å². The highest BCUT2D eigenvalue weighted by molar-refractivity contribution is 9.10. The molecule has 0 atom stereocenters. The Morgan fingerprint density at radius 1 is 1.25 bits per heavy atom. The van der Waals surface area contributed by atoms with Crippen LogP contribution in [-0.4, -0.2) is 9.78 Å². The molecule has 2 rings (SSSR count). The molecule has 0 aliphatic heterocycles. The smallest absolute Gasteiger partial charge is 0.141 e. The molecule has 1 aromatic carbocycles. The van der Waals surface area contributed by atoms with Crippen molar-refractivity contribution in [1.29, 1.82) is 0 Å². The maximum atomic E-state index is 6.03. The first kappa shape index (κ1) is 11.2. The highest BCUT2D eigenvalue weighted by atomic mass is 79.9. The topological polar surface area (TPSA) is 43.8 Å². The molecule has 0 amide bonds. The van der Waals surface area contributed by atoms with Gasteiger partial charge in [-0.05, 0) is 34.0 Å². The zero-order valence-electron chi connectivity index (χ0n) is 9.31. The minimum atomic E-state index is 0.349. The summed E-state index contributed by atoms with van der Waals surface area (Å²) in [6, 6.07) is 9.89. The molecule has 1 aromatic heterocycles. The van der Waals surface area contributed by atoms with E-state index in [9.17, 15) is 0 Å². The molecule has 1 heterocycles. The lowest BCUT2D eigenvalue weighted by atomic mass is 10.1. The van der Waals surface area contributed by atoms with E-state index in [4.69, 9.17) is 5.73 Å². The predicted octanol–water partition coefficient (Wildman–Crippen LogP) is 3.34. The number of nitrogen functional groups attached to an aromatic ring is 1. The van der Waals surface area contributed by atoms with E-state index in [1.165, 1.54) is 0 Å². The molecule has 0 aliphatic carbocycles. The third-order valence-corrected chi connectivity index (χ3v) is 3.25. The van der Waals surface area contributed by atoms with Gasteiger partial charge < -0.3 is 5.73 Å². The number of benzene rings is 1. The maximum Gasteiger partial charge on any atom is 0.141 e. The standard InChI is InChI=1S/C12H14BrN3/c1-8(2)11-10(13)12(14)16(15-11)9-6-4-3-5-7-9/h3-8H,14H2,1-2H3. The van der Waals surface area contributed by atoms with E-state index < -0.39 is 0 Å². The molecule has 4 heteroatoms. The van der Waals surface area contributed by atoms with Gasteiger partial charge >= 0.3 is 0 Å². The quantitative estimate of drug-likeness (QED) is 0.916. The van der Waals surface area contributed by atoms with Crippen LogP contribution in [0, 0.1) is 0 Å². The van der Waals surface area contributed by atoms with E-state index in [0.717, 1.165) is 15.9 Å². The largest absolute Gasteiger partial charge is 0.383 e. The van der Waals surface area contributed by atoms with Crippen LogP contribution in [0.25, 0.3) is 5.69 Å². The summed E-state index contributed by atoms with van der Waals surface area (Å²) in [6.07, 6.45) is 0. The molecule has 0 radical (unpaired) electrons. The Hall–Kier alpha value is -1.29. The monoisotopic (exact) mass is 279 g/mol. The van der Waals surface area contributed by atoms with Crippen molar-refractivity contribution in [2.24, 2.45) is 0 Å². The number of para-hydroxylation sites is 1. The first-order chi connectivity index (χ1) is 7.61. The summed E-state index contributed by atoms with van der Waals surface area (Å²) in [7, 11) is 0. The molecule has 84 valence electrons. The van der Waals surface area contributed by atoms with Crippen LogP contribution in [0.3, 0.4) is 0 Å². The number of nitrogens with two attached hydrogens (primary N) is 1. The van der Waals surface area contributed by atoms with Crippen molar-refractivity contribution in [3.8, 4) is 5.69 Å². The Balaban J connectivity index is 2.55. The lowest BCUT2D eigenvalue weighted by Gasteiger charge is -2.02. The second kappa shape index (κ2) is 4.29. The molecule has 3 nitrogen and oxygen atoms in total. The van der Waals surface area contributed by atoms with E-state index in [0.29, 0.717) is 11.7 Å². The summed E-state index contributed by atoms with van der Waals surface area (Å²) in [5, 5.41) is 4.52. The maximum absolute atomic E-state index is 6.03. The van der Waals surface area contributed by atoms with Crippen molar-refractivity contribution >= 4 is 21.7 Å². The summed E-state index contributed by atoms with van der Waals surface area (Å²) in [5.41, 5.74) is 7.99. The van der Waals surface area contributed by atoms with Crippen molar-refractivity contribution < 1.29 is 0 Å². The highest BCUT2D eigenvalue weighted by Crippen LogP contribution is 2.30. The zero-order valence-corrected chi connectivity index (χ0v) is 10.9. The number of anilines is 1. The molecule has 0 fully saturated rings. The van der Waals surface area contributed by atoms with E-state index >= 15 is 0 Å². The molecule has 2 N–H and O–H groups in total. The summed E-state index contributed by atoms with van der Waals surface area (Å²) in [4.78, 5) is 0. The van der Waals surface area contributed by atoms with Crippen LogP contribution in [0.15, 0.2) is 34.8 Å². The summed E-state index contributed by atoms with van der Waals surface area (Å²) >= 11 is 3.49. The first-order valence-electron chi connectivity index (χ1n) is 5.20. The SMILES string of the molecule is CC(C)c1nn(-c2ccccc2)c(N)c1Br. The van der Waals surface area contributed by atoms with E-state index in [1.54, 1.807) is 4.68 Å². The fourth-order valence-electron chi connectivity index (χ4n) is 1.56. The number of hydrogen-bond acceptors (Lipinski definition) is 2. The van der Waals surface area contributed by atoms with Gasteiger partial charge in [0.05, 0.1) is 15.9 Å². The third kappa shape index (κ3) is 1.85. The van der Waals surface area contributed by atoms with Crippen LogP contribution in [0.1, 0.15) is 25.5 Å². The first-order valence-corrected chi connectivity index (χ1v) is 6.00. The van der Waals surface area contributed by atoms with Crippen LogP contribution < -0.4 is 5.73 Å². The highest BCUT2D eigenvalue weighted by Gasteiger charge is 2.16. The molecular weight excluding hydrogens is 266 g/mol. The minimum absolute atomic E-state index is 0.349.